The zero-order valence-electron chi connectivity index (χ0n) is 19.1. The molecule has 4 rings (SSSR count). The van der Waals surface area contributed by atoms with E-state index in [1.54, 1.807) is 36.4 Å². The molecule has 0 fully saturated rings. The van der Waals surface area contributed by atoms with Crippen molar-refractivity contribution in [2.24, 2.45) is 0 Å². The van der Waals surface area contributed by atoms with Gasteiger partial charge in [-0.1, -0.05) is 24.3 Å². The number of ether oxygens (including phenoxy) is 2. The summed E-state index contributed by atoms with van der Waals surface area (Å²) in [4.78, 5) is 24.8. The summed E-state index contributed by atoms with van der Waals surface area (Å²) < 4.78 is 36.7. The lowest BCUT2D eigenvalue weighted by atomic mass is 10.2. The van der Waals surface area contributed by atoms with Gasteiger partial charge >= 0.3 is 11.9 Å². The van der Waals surface area contributed by atoms with E-state index < -0.39 is 21.8 Å². The van der Waals surface area contributed by atoms with E-state index in [9.17, 15) is 18.0 Å². The van der Waals surface area contributed by atoms with Gasteiger partial charge in [-0.2, -0.15) is 0 Å². The van der Waals surface area contributed by atoms with Gasteiger partial charge in [0.1, 0.15) is 11.5 Å². The van der Waals surface area contributed by atoms with Crippen LogP contribution in [-0.4, -0.2) is 20.4 Å². The van der Waals surface area contributed by atoms with Gasteiger partial charge in [-0.25, -0.2) is 18.0 Å². The summed E-state index contributed by atoms with van der Waals surface area (Å²) in [5, 5.41) is 0. The van der Waals surface area contributed by atoms with Crippen LogP contribution in [0.25, 0.3) is 0 Å². The monoisotopic (exact) mass is 486 g/mol. The van der Waals surface area contributed by atoms with Gasteiger partial charge in [0.05, 0.1) is 20.9 Å². The molecule has 0 amide bonds. The molecular formula is C28H22O6S. The number of aryl methyl sites for hydroxylation is 2. The summed E-state index contributed by atoms with van der Waals surface area (Å²) >= 11 is 0. The summed E-state index contributed by atoms with van der Waals surface area (Å²) in [6.07, 6.45) is 0. The SMILES string of the molecule is Cc1cccc(OC(=O)c2ccc(S(=O)(=O)c3ccc(C(=O)Oc4cccc(C)c4)cc3)cc2)c1. The molecule has 176 valence electrons. The number of benzene rings is 4. The third-order valence-corrected chi connectivity index (χ3v) is 6.99. The van der Waals surface area contributed by atoms with Crippen molar-refractivity contribution in [1.29, 1.82) is 0 Å². The van der Waals surface area contributed by atoms with Crippen LogP contribution in [0.3, 0.4) is 0 Å². The summed E-state index contributed by atoms with van der Waals surface area (Å²) in [5.74, 6) is -0.354. The maximum Gasteiger partial charge on any atom is 0.343 e. The average molecular weight is 487 g/mol. The van der Waals surface area contributed by atoms with Crippen molar-refractivity contribution in [1.82, 2.24) is 0 Å². The molecule has 0 aromatic heterocycles. The molecule has 4 aromatic rings. The fourth-order valence-electron chi connectivity index (χ4n) is 3.37. The quantitative estimate of drug-likeness (QED) is 0.261. The van der Waals surface area contributed by atoms with Crippen LogP contribution in [-0.2, 0) is 9.84 Å². The second-order valence-electron chi connectivity index (χ2n) is 7.96. The molecule has 0 aliphatic heterocycles. The van der Waals surface area contributed by atoms with Crippen molar-refractivity contribution in [3.8, 4) is 11.5 Å². The number of carbonyl (C=O) groups excluding carboxylic acids is 2. The lowest BCUT2D eigenvalue weighted by molar-refractivity contribution is 0.0725. The number of rotatable bonds is 6. The Hall–Kier alpha value is -4.23. The minimum Gasteiger partial charge on any atom is -0.423 e. The van der Waals surface area contributed by atoms with Gasteiger partial charge in [-0.3, -0.25) is 0 Å². The molecule has 6 nitrogen and oxygen atoms in total. The van der Waals surface area contributed by atoms with Crippen molar-refractivity contribution in [3.05, 3.63) is 119 Å². The van der Waals surface area contributed by atoms with Crippen LogP contribution in [0.4, 0.5) is 0 Å². The molecule has 4 aromatic carbocycles. The maximum atomic E-state index is 13.0. The maximum absolute atomic E-state index is 13.0. The predicted molar refractivity (Wildman–Crippen MR) is 131 cm³/mol. The van der Waals surface area contributed by atoms with Crippen LogP contribution in [0.15, 0.2) is 107 Å². The van der Waals surface area contributed by atoms with Gasteiger partial charge in [-0.05, 0) is 97.8 Å². The second kappa shape index (κ2) is 9.95. The van der Waals surface area contributed by atoms with Gasteiger partial charge < -0.3 is 9.47 Å². The third-order valence-electron chi connectivity index (χ3n) is 5.20. The van der Waals surface area contributed by atoms with Crippen LogP contribution in [0.1, 0.15) is 31.8 Å². The molecule has 35 heavy (non-hydrogen) atoms. The molecule has 0 N–H and O–H groups in total. The van der Waals surface area contributed by atoms with E-state index in [4.69, 9.17) is 9.47 Å². The van der Waals surface area contributed by atoms with E-state index in [2.05, 4.69) is 0 Å². The zero-order valence-corrected chi connectivity index (χ0v) is 19.9. The fourth-order valence-corrected chi connectivity index (χ4v) is 4.63. The molecule has 0 atom stereocenters. The van der Waals surface area contributed by atoms with Crippen molar-refractivity contribution >= 4 is 21.8 Å². The fraction of sp³-hybridized carbons (Fsp3) is 0.0714. The highest BCUT2D eigenvalue weighted by Gasteiger charge is 2.20. The Labute approximate surface area is 203 Å². The van der Waals surface area contributed by atoms with Crippen LogP contribution in [0.5, 0.6) is 11.5 Å². The molecule has 0 bridgehead atoms. The minimum atomic E-state index is -3.86. The summed E-state index contributed by atoms with van der Waals surface area (Å²) in [7, 11) is -3.86. The van der Waals surface area contributed by atoms with Crippen LogP contribution in [0.2, 0.25) is 0 Å². The normalized spacial score (nSPS) is 11.0. The van der Waals surface area contributed by atoms with E-state index in [-0.39, 0.29) is 20.9 Å². The number of hydrogen-bond acceptors (Lipinski definition) is 6. The average Bonchev–Trinajstić information content (AvgIpc) is 2.84. The topological polar surface area (TPSA) is 86.7 Å². The van der Waals surface area contributed by atoms with Gasteiger partial charge in [0, 0.05) is 0 Å². The zero-order chi connectivity index (χ0) is 25.0. The molecule has 0 unspecified atom stereocenters. The first kappa shape index (κ1) is 23.9. The molecular weight excluding hydrogens is 464 g/mol. The smallest absolute Gasteiger partial charge is 0.343 e. The molecule has 0 aliphatic carbocycles. The Morgan fingerprint density at radius 1 is 0.571 bits per heavy atom. The van der Waals surface area contributed by atoms with Gasteiger partial charge in [0.25, 0.3) is 0 Å². The van der Waals surface area contributed by atoms with E-state index >= 15 is 0 Å². The van der Waals surface area contributed by atoms with E-state index in [1.165, 1.54) is 48.5 Å². The lowest BCUT2D eigenvalue weighted by Gasteiger charge is -2.08. The van der Waals surface area contributed by atoms with Gasteiger partial charge in [0.15, 0.2) is 0 Å². The van der Waals surface area contributed by atoms with Crippen molar-refractivity contribution in [3.63, 3.8) is 0 Å². The molecule has 0 saturated heterocycles. The lowest BCUT2D eigenvalue weighted by Crippen LogP contribution is -2.10. The van der Waals surface area contributed by atoms with Gasteiger partial charge in [0.2, 0.25) is 9.84 Å². The number of hydrogen-bond donors (Lipinski definition) is 0. The highest BCUT2D eigenvalue weighted by Crippen LogP contribution is 2.23. The molecule has 7 heteroatoms. The number of sulfone groups is 1. The Kier molecular flexibility index (Phi) is 6.80. The Bertz CT molecular complexity index is 1380. The molecule has 0 spiro atoms. The standard InChI is InChI=1S/C28H22O6S/c1-19-5-3-7-23(17-19)33-27(29)21-9-13-25(14-10-21)35(31,32)26-15-11-22(12-16-26)28(30)34-24-8-4-6-20(2)18-24/h3-18H,1-2H3. The third kappa shape index (κ3) is 5.65. The molecule has 0 aliphatic rings. The van der Waals surface area contributed by atoms with Crippen LogP contribution < -0.4 is 9.47 Å². The predicted octanol–water partition coefficient (Wildman–Crippen LogP) is 5.57. The number of esters is 2. The van der Waals surface area contributed by atoms with Crippen LogP contribution >= 0.6 is 0 Å². The first-order valence-corrected chi connectivity index (χ1v) is 12.2. The first-order chi connectivity index (χ1) is 16.7. The largest absolute Gasteiger partial charge is 0.423 e. The van der Waals surface area contributed by atoms with Crippen molar-refractivity contribution in [2.45, 2.75) is 23.6 Å². The molecule has 0 saturated carbocycles. The second-order valence-corrected chi connectivity index (χ2v) is 9.91. The summed E-state index contributed by atoms with van der Waals surface area (Å²) in [6.45, 7) is 3.77. The van der Waals surface area contributed by atoms with Crippen LogP contribution in [0, 0.1) is 13.8 Å². The Balaban J connectivity index is 1.47. The van der Waals surface area contributed by atoms with E-state index in [0.29, 0.717) is 11.5 Å². The summed E-state index contributed by atoms with van der Waals surface area (Å²) in [6, 6.07) is 25.1. The first-order valence-electron chi connectivity index (χ1n) is 10.8. The highest BCUT2D eigenvalue weighted by molar-refractivity contribution is 7.91. The summed E-state index contributed by atoms with van der Waals surface area (Å²) in [5.41, 5.74) is 2.34. The van der Waals surface area contributed by atoms with Crippen molar-refractivity contribution < 1.29 is 27.5 Å². The highest BCUT2D eigenvalue weighted by atomic mass is 32.2. The van der Waals surface area contributed by atoms with E-state index in [1.807, 2.05) is 26.0 Å². The molecule has 0 heterocycles. The van der Waals surface area contributed by atoms with E-state index in [0.717, 1.165) is 11.1 Å². The minimum absolute atomic E-state index is 0.0136. The van der Waals surface area contributed by atoms with Crippen molar-refractivity contribution in [2.75, 3.05) is 0 Å². The van der Waals surface area contributed by atoms with Gasteiger partial charge in [-0.15, -0.1) is 0 Å². The number of carbonyl (C=O) groups is 2. The Morgan fingerprint density at radius 3 is 1.29 bits per heavy atom. The molecule has 0 radical (unpaired) electrons. The Morgan fingerprint density at radius 2 is 0.943 bits per heavy atom.